The summed E-state index contributed by atoms with van der Waals surface area (Å²) in [5.41, 5.74) is 2.23. The van der Waals surface area contributed by atoms with E-state index in [0.717, 1.165) is 0 Å². The Kier molecular flexibility index (Phi) is 2.75. The lowest BCUT2D eigenvalue weighted by Gasteiger charge is -2.61. The van der Waals surface area contributed by atoms with Gasteiger partial charge < -0.3 is 4.74 Å². The van der Waals surface area contributed by atoms with Crippen LogP contribution >= 0.6 is 0 Å². The fourth-order valence-electron chi connectivity index (χ4n) is 3.19. The van der Waals surface area contributed by atoms with Crippen molar-refractivity contribution in [2.45, 2.75) is 32.5 Å². The molecule has 0 radical (unpaired) electrons. The quantitative estimate of drug-likeness (QED) is 0.771. The van der Waals surface area contributed by atoms with E-state index in [4.69, 9.17) is 4.74 Å². The zero-order valence-corrected chi connectivity index (χ0v) is 11.8. The van der Waals surface area contributed by atoms with Gasteiger partial charge in [-0.3, -0.25) is 0 Å². The van der Waals surface area contributed by atoms with Gasteiger partial charge in [-0.1, -0.05) is 74.5 Å². The monoisotopic (exact) mass is 252 g/mol. The molecule has 0 spiro atoms. The third kappa shape index (κ3) is 1.58. The van der Waals surface area contributed by atoms with Crippen molar-refractivity contribution in [1.29, 1.82) is 0 Å². The molecule has 98 valence electrons. The van der Waals surface area contributed by atoms with E-state index in [1.165, 1.54) is 11.1 Å². The lowest BCUT2D eigenvalue weighted by Crippen LogP contribution is -2.63. The summed E-state index contributed by atoms with van der Waals surface area (Å²) >= 11 is 0. The van der Waals surface area contributed by atoms with Crippen LogP contribution in [0.3, 0.4) is 0 Å². The average Bonchev–Trinajstić information content (AvgIpc) is 2.46. The van der Waals surface area contributed by atoms with Gasteiger partial charge in [0.25, 0.3) is 0 Å². The van der Waals surface area contributed by atoms with E-state index < -0.39 is 0 Å². The van der Waals surface area contributed by atoms with Crippen molar-refractivity contribution in [3.63, 3.8) is 0 Å². The molecular weight excluding hydrogens is 232 g/mol. The van der Waals surface area contributed by atoms with Gasteiger partial charge in [0.2, 0.25) is 0 Å². The molecule has 1 unspecified atom stereocenters. The molecule has 0 aliphatic carbocycles. The molecule has 0 aromatic heterocycles. The maximum absolute atomic E-state index is 6.31. The summed E-state index contributed by atoms with van der Waals surface area (Å²) in [4.78, 5) is 0. The number of ether oxygens (including phenoxy) is 1. The Bertz CT molecular complexity index is 517. The molecule has 1 aliphatic rings. The molecular formula is C18H20O. The molecule has 0 bridgehead atoms. The minimum atomic E-state index is -0.324. The molecule has 19 heavy (non-hydrogen) atoms. The first kappa shape index (κ1) is 12.4. The SMILES string of the molecule is CC1OC(c2ccccc2)(c2ccccc2)C1(C)C. The van der Waals surface area contributed by atoms with Gasteiger partial charge in [0.05, 0.1) is 6.10 Å². The summed E-state index contributed by atoms with van der Waals surface area (Å²) in [6.07, 6.45) is 0.257. The minimum Gasteiger partial charge on any atom is -0.361 e. The summed E-state index contributed by atoms with van der Waals surface area (Å²) in [6, 6.07) is 21.1. The van der Waals surface area contributed by atoms with E-state index in [2.05, 4.69) is 81.4 Å². The summed E-state index contributed by atoms with van der Waals surface area (Å²) < 4.78 is 6.31. The number of rotatable bonds is 2. The van der Waals surface area contributed by atoms with E-state index >= 15 is 0 Å². The molecule has 1 nitrogen and oxygen atoms in total. The Morgan fingerprint density at radius 2 is 1.21 bits per heavy atom. The Hall–Kier alpha value is -1.60. The molecule has 3 rings (SSSR count). The van der Waals surface area contributed by atoms with E-state index in [9.17, 15) is 0 Å². The van der Waals surface area contributed by atoms with Crippen LogP contribution in [-0.4, -0.2) is 6.10 Å². The van der Waals surface area contributed by atoms with Crippen LogP contribution in [0.25, 0.3) is 0 Å². The molecule has 1 saturated heterocycles. The first-order valence-electron chi connectivity index (χ1n) is 6.88. The minimum absolute atomic E-state index is 0.0791. The van der Waals surface area contributed by atoms with E-state index in [1.807, 2.05) is 0 Å². The Morgan fingerprint density at radius 3 is 1.53 bits per heavy atom. The third-order valence-electron chi connectivity index (χ3n) is 4.64. The Balaban J connectivity index is 2.19. The van der Waals surface area contributed by atoms with Crippen LogP contribution in [0.4, 0.5) is 0 Å². The highest BCUT2D eigenvalue weighted by atomic mass is 16.5. The molecule has 1 heterocycles. The normalized spacial score (nSPS) is 23.6. The van der Waals surface area contributed by atoms with Crippen LogP contribution < -0.4 is 0 Å². The van der Waals surface area contributed by atoms with Crippen LogP contribution in [0.1, 0.15) is 31.9 Å². The highest BCUT2D eigenvalue weighted by Gasteiger charge is 2.61. The van der Waals surface area contributed by atoms with Crippen LogP contribution in [-0.2, 0) is 10.3 Å². The van der Waals surface area contributed by atoms with Crippen LogP contribution in [0.5, 0.6) is 0 Å². The predicted octanol–water partition coefficient (Wildman–Crippen LogP) is 4.38. The lowest BCUT2D eigenvalue weighted by atomic mass is 9.59. The average molecular weight is 252 g/mol. The second-order valence-electron chi connectivity index (χ2n) is 5.90. The largest absolute Gasteiger partial charge is 0.361 e. The highest BCUT2D eigenvalue weighted by molar-refractivity contribution is 5.42. The standard InChI is InChI=1S/C18H20O/c1-14-17(2,3)18(19-14,15-10-6-4-7-11-15)16-12-8-5-9-13-16/h4-14H,1-3H3. The Labute approximate surface area is 115 Å². The number of benzene rings is 2. The zero-order valence-electron chi connectivity index (χ0n) is 11.8. The first-order valence-corrected chi connectivity index (χ1v) is 6.88. The van der Waals surface area contributed by atoms with Crippen molar-refractivity contribution in [2.75, 3.05) is 0 Å². The molecule has 0 amide bonds. The summed E-state index contributed by atoms with van der Waals surface area (Å²) in [6.45, 7) is 6.74. The molecule has 1 aliphatic heterocycles. The van der Waals surface area contributed by atoms with E-state index in [0.29, 0.717) is 0 Å². The number of hydrogen-bond acceptors (Lipinski definition) is 1. The van der Waals surface area contributed by atoms with Gasteiger partial charge in [-0.15, -0.1) is 0 Å². The molecule has 0 N–H and O–H groups in total. The first-order chi connectivity index (χ1) is 9.09. The predicted molar refractivity (Wildman–Crippen MR) is 78.0 cm³/mol. The van der Waals surface area contributed by atoms with Crippen LogP contribution in [0.2, 0.25) is 0 Å². The van der Waals surface area contributed by atoms with Crippen LogP contribution in [0.15, 0.2) is 60.7 Å². The van der Waals surface area contributed by atoms with Crippen molar-refractivity contribution >= 4 is 0 Å². The maximum atomic E-state index is 6.31. The van der Waals surface area contributed by atoms with Gasteiger partial charge in [0.1, 0.15) is 5.60 Å². The molecule has 0 saturated carbocycles. The van der Waals surface area contributed by atoms with E-state index in [-0.39, 0.29) is 17.1 Å². The molecule has 1 fully saturated rings. The van der Waals surface area contributed by atoms with Crippen molar-refractivity contribution in [3.8, 4) is 0 Å². The maximum Gasteiger partial charge on any atom is 0.126 e. The fourth-order valence-corrected chi connectivity index (χ4v) is 3.19. The van der Waals surface area contributed by atoms with Gasteiger partial charge in [0, 0.05) is 5.41 Å². The highest BCUT2D eigenvalue weighted by Crippen LogP contribution is 2.59. The second-order valence-corrected chi connectivity index (χ2v) is 5.90. The van der Waals surface area contributed by atoms with Crippen molar-refractivity contribution in [1.82, 2.24) is 0 Å². The van der Waals surface area contributed by atoms with E-state index in [1.54, 1.807) is 0 Å². The molecule has 2 aromatic rings. The lowest BCUT2D eigenvalue weighted by molar-refractivity contribution is -0.287. The van der Waals surface area contributed by atoms with Gasteiger partial charge in [0.15, 0.2) is 0 Å². The smallest absolute Gasteiger partial charge is 0.126 e. The number of hydrogen-bond donors (Lipinski definition) is 0. The molecule has 1 atom stereocenters. The van der Waals surface area contributed by atoms with Crippen molar-refractivity contribution in [3.05, 3.63) is 71.8 Å². The van der Waals surface area contributed by atoms with Crippen molar-refractivity contribution in [2.24, 2.45) is 5.41 Å². The molecule has 1 heteroatoms. The van der Waals surface area contributed by atoms with Gasteiger partial charge in [-0.25, -0.2) is 0 Å². The molecule has 2 aromatic carbocycles. The van der Waals surface area contributed by atoms with Crippen LogP contribution in [0, 0.1) is 5.41 Å². The van der Waals surface area contributed by atoms with Gasteiger partial charge in [-0.05, 0) is 18.1 Å². The fraction of sp³-hybridized carbons (Fsp3) is 0.333. The summed E-state index contributed by atoms with van der Waals surface area (Å²) in [5, 5.41) is 0. The Morgan fingerprint density at radius 1 is 0.789 bits per heavy atom. The zero-order chi connectivity index (χ0) is 13.5. The second kappa shape index (κ2) is 4.21. The van der Waals surface area contributed by atoms with Gasteiger partial charge >= 0.3 is 0 Å². The topological polar surface area (TPSA) is 9.23 Å². The van der Waals surface area contributed by atoms with Crippen molar-refractivity contribution < 1.29 is 4.74 Å². The summed E-state index contributed by atoms with van der Waals surface area (Å²) in [5.74, 6) is 0. The summed E-state index contributed by atoms with van der Waals surface area (Å²) in [7, 11) is 0. The third-order valence-corrected chi connectivity index (χ3v) is 4.64. The van der Waals surface area contributed by atoms with Gasteiger partial charge in [-0.2, -0.15) is 0 Å².